The number of nitrogens with zero attached hydrogens (tertiary/aromatic N) is 4. The van der Waals surface area contributed by atoms with Crippen LogP contribution in [0.2, 0.25) is 0 Å². The lowest BCUT2D eigenvalue weighted by molar-refractivity contribution is 0.128. The van der Waals surface area contributed by atoms with E-state index in [1.165, 1.54) is 0 Å². The molecular formula is C17H34N6O. The number of aromatic nitrogens is 3. The molecule has 0 unspecified atom stereocenters. The summed E-state index contributed by atoms with van der Waals surface area (Å²) in [6, 6.07) is 0. The van der Waals surface area contributed by atoms with Crippen molar-refractivity contribution in [2.45, 2.75) is 53.5 Å². The number of rotatable bonds is 11. The Morgan fingerprint density at radius 2 is 1.96 bits per heavy atom. The lowest BCUT2D eigenvalue weighted by atomic mass is 10.1. The molecule has 138 valence electrons. The second-order valence-electron chi connectivity index (χ2n) is 6.39. The molecule has 24 heavy (non-hydrogen) atoms. The van der Waals surface area contributed by atoms with Gasteiger partial charge in [-0.3, -0.25) is 0 Å². The maximum atomic E-state index is 5.63. The van der Waals surface area contributed by atoms with Crippen LogP contribution in [0.15, 0.2) is 4.99 Å². The third-order valence-electron chi connectivity index (χ3n) is 3.76. The first-order chi connectivity index (χ1) is 11.5. The van der Waals surface area contributed by atoms with Crippen molar-refractivity contribution < 1.29 is 4.74 Å². The van der Waals surface area contributed by atoms with Gasteiger partial charge >= 0.3 is 0 Å². The first-order valence-corrected chi connectivity index (χ1v) is 8.99. The second-order valence-corrected chi connectivity index (χ2v) is 6.39. The molecule has 1 aromatic heterocycles. The third kappa shape index (κ3) is 8.29. The van der Waals surface area contributed by atoms with Crippen LogP contribution in [0.25, 0.3) is 0 Å². The van der Waals surface area contributed by atoms with E-state index in [0.717, 1.165) is 56.6 Å². The molecule has 0 saturated carbocycles. The van der Waals surface area contributed by atoms with Gasteiger partial charge in [-0.1, -0.05) is 27.2 Å². The van der Waals surface area contributed by atoms with E-state index in [4.69, 9.17) is 4.74 Å². The van der Waals surface area contributed by atoms with Crippen LogP contribution in [-0.2, 0) is 18.3 Å². The van der Waals surface area contributed by atoms with E-state index in [1.54, 1.807) is 0 Å². The molecule has 0 aliphatic carbocycles. The molecule has 7 nitrogen and oxygen atoms in total. The zero-order chi connectivity index (χ0) is 17.8. The van der Waals surface area contributed by atoms with Crippen LogP contribution in [0.3, 0.4) is 0 Å². The Bertz CT molecular complexity index is 483. The summed E-state index contributed by atoms with van der Waals surface area (Å²) in [6.07, 6.45) is 3.37. The first kappa shape index (κ1) is 20.4. The summed E-state index contributed by atoms with van der Waals surface area (Å²) in [7, 11) is 1.96. The molecule has 0 fully saturated rings. The van der Waals surface area contributed by atoms with Gasteiger partial charge < -0.3 is 19.9 Å². The zero-order valence-corrected chi connectivity index (χ0v) is 15.9. The van der Waals surface area contributed by atoms with Crippen molar-refractivity contribution in [3.63, 3.8) is 0 Å². The van der Waals surface area contributed by atoms with Crippen LogP contribution in [0.5, 0.6) is 0 Å². The predicted molar refractivity (Wildman–Crippen MR) is 98.1 cm³/mol. The Hall–Kier alpha value is -1.63. The molecule has 0 radical (unpaired) electrons. The van der Waals surface area contributed by atoms with Crippen molar-refractivity contribution in [2.75, 3.05) is 26.3 Å². The molecule has 0 saturated heterocycles. The topological polar surface area (TPSA) is 76.4 Å². The van der Waals surface area contributed by atoms with E-state index >= 15 is 0 Å². The number of hydrogen-bond donors (Lipinski definition) is 2. The SMILES string of the molecule is CCCCNC(=NCc1nnc(C)n1C)NCCOCCC(C)C. The monoisotopic (exact) mass is 338 g/mol. The number of hydrogen-bond acceptors (Lipinski definition) is 4. The fourth-order valence-electron chi connectivity index (χ4n) is 1.96. The minimum absolute atomic E-state index is 0.507. The van der Waals surface area contributed by atoms with Crippen LogP contribution in [0.1, 0.15) is 51.7 Å². The molecule has 0 atom stereocenters. The van der Waals surface area contributed by atoms with Crippen molar-refractivity contribution in [3.05, 3.63) is 11.6 Å². The predicted octanol–water partition coefficient (Wildman–Crippen LogP) is 2.02. The van der Waals surface area contributed by atoms with Gasteiger partial charge in [0.25, 0.3) is 0 Å². The standard InChI is InChI=1S/C17H34N6O/c1-6-7-9-18-17(19-10-12-24-11-8-14(2)3)20-13-16-22-21-15(4)23(16)5/h14H,6-13H2,1-5H3,(H2,18,19,20). The molecule has 0 aromatic carbocycles. The van der Waals surface area contributed by atoms with E-state index in [9.17, 15) is 0 Å². The lowest BCUT2D eigenvalue weighted by Crippen LogP contribution is -2.39. The highest BCUT2D eigenvalue weighted by atomic mass is 16.5. The van der Waals surface area contributed by atoms with Gasteiger partial charge in [-0.2, -0.15) is 0 Å². The summed E-state index contributed by atoms with van der Waals surface area (Å²) in [4.78, 5) is 4.60. The van der Waals surface area contributed by atoms with Crippen LogP contribution >= 0.6 is 0 Å². The van der Waals surface area contributed by atoms with Gasteiger partial charge in [0.2, 0.25) is 0 Å². The average molecular weight is 339 g/mol. The number of aliphatic imine (C=N–C) groups is 1. The maximum absolute atomic E-state index is 5.63. The number of unbranched alkanes of at least 4 members (excludes halogenated alkanes) is 1. The Balaban J connectivity index is 2.41. The van der Waals surface area contributed by atoms with Crippen LogP contribution in [-0.4, -0.2) is 47.0 Å². The Labute approximate surface area is 146 Å². The largest absolute Gasteiger partial charge is 0.380 e. The number of nitrogens with one attached hydrogen (secondary N) is 2. The van der Waals surface area contributed by atoms with Crippen LogP contribution in [0, 0.1) is 12.8 Å². The van der Waals surface area contributed by atoms with E-state index in [1.807, 2.05) is 18.5 Å². The summed E-state index contributed by atoms with van der Waals surface area (Å²) in [5, 5.41) is 14.9. The smallest absolute Gasteiger partial charge is 0.191 e. The van der Waals surface area contributed by atoms with Gasteiger partial charge in [0, 0.05) is 26.7 Å². The molecular weight excluding hydrogens is 304 g/mol. The van der Waals surface area contributed by atoms with E-state index < -0.39 is 0 Å². The fraction of sp³-hybridized carbons (Fsp3) is 0.824. The maximum Gasteiger partial charge on any atom is 0.191 e. The van der Waals surface area contributed by atoms with Gasteiger partial charge in [-0.25, -0.2) is 4.99 Å². The van der Waals surface area contributed by atoms with Crippen LogP contribution in [0.4, 0.5) is 0 Å². The Kier molecular flexibility index (Phi) is 10.1. The molecule has 0 bridgehead atoms. The minimum Gasteiger partial charge on any atom is -0.380 e. The summed E-state index contributed by atoms with van der Waals surface area (Å²) in [6.45, 7) is 12.2. The summed E-state index contributed by atoms with van der Waals surface area (Å²) >= 11 is 0. The molecule has 1 rings (SSSR count). The highest BCUT2D eigenvalue weighted by Crippen LogP contribution is 1.99. The lowest BCUT2D eigenvalue weighted by Gasteiger charge is -2.13. The molecule has 2 N–H and O–H groups in total. The fourth-order valence-corrected chi connectivity index (χ4v) is 1.96. The molecule has 0 aliphatic heterocycles. The third-order valence-corrected chi connectivity index (χ3v) is 3.76. The molecule has 0 amide bonds. The molecule has 1 aromatic rings. The normalized spacial score (nSPS) is 12.0. The first-order valence-electron chi connectivity index (χ1n) is 8.99. The van der Waals surface area contributed by atoms with Gasteiger partial charge in [-0.15, -0.1) is 10.2 Å². The molecule has 0 aliphatic rings. The van der Waals surface area contributed by atoms with Crippen molar-refractivity contribution in [1.29, 1.82) is 0 Å². The highest BCUT2D eigenvalue weighted by Gasteiger charge is 2.05. The van der Waals surface area contributed by atoms with E-state index in [-0.39, 0.29) is 0 Å². The highest BCUT2D eigenvalue weighted by molar-refractivity contribution is 5.79. The van der Waals surface area contributed by atoms with Crippen molar-refractivity contribution in [1.82, 2.24) is 25.4 Å². The number of aryl methyl sites for hydroxylation is 1. The summed E-state index contributed by atoms with van der Waals surface area (Å²) < 4.78 is 7.59. The zero-order valence-electron chi connectivity index (χ0n) is 15.9. The molecule has 7 heteroatoms. The second kappa shape index (κ2) is 11.8. The molecule has 0 spiro atoms. The quantitative estimate of drug-likeness (QED) is 0.367. The van der Waals surface area contributed by atoms with Crippen molar-refractivity contribution in [2.24, 2.45) is 18.0 Å². The van der Waals surface area contributed by atoms with Crippen LogP contribution < -0.4 is 10.6 Å². The van der Waals surface area contributed by atoms with E-state index in [0.29, 0.717) is 19.1 Å². The van der Waals surface area contributed by atoms with Gasteiger partial charge in [0.05, 0.1) is 6.61 Å². The number of ether oxygens (including phenoxy) is 1. The summed E-state index contributed by atoms with van der Waals surface area (Å²) in [5.41, 5.74) is 0. The van der Waals surface area contributed by atoms with Gasteiger partial charge in [0.15, 0.2) is 11.8 Å². The Morgan fingerprint density at radius 3 is 2.58 bits per heavy atom. The van der Waals surface area contributed by atoms with Gasteiger partial charge in [0.1, 0.15) is 12.4 Å². The molecule has 1 heterocycles. The van der Waals surface area contributed by atoms with E-state index in [2.05, 4.69) is 46.6 Å². The minimum atomic E-state index is 0.507. The summed E-state index contributed by atoms with van der Waals surface area (Å²) in [5.74, 6) is 3.24. The average Bonchev–Trinajstić information content (AvgIpc) is 2.86. The van der Waals surface area contributed by atoms with Gasteiger partial charge in [-0.05, 0) is 25.7 Å². The van der Waals surface area contributed by atoms with Crippen molar-refractivity contribution >= 4 is 5.96 Å². The number of guanidine groups is 1. The van der Waals surface area contributed by atoms with Crippen molar-refractivity contribution in [3.8, 4) is 0 Å². The Morgan fingerprint density at radius 1 is 1.21 bits per heavy atom.